The van der Waals surface area contributed by atoms with E-state index in [-0.39, 0.29) is 5.56 Å². The number of benzene rings is 1. The zero-order valence-electron chi connectivity index (χ0n) is 17.5. The Hall–Kier alpha value is -3.33. The van der Waals surface area contributed by atoms with Gasteiger partial charge in [-0.3, -0.25) is 4.40 Å². The third kappa shape index (κ3) is 3.15. The standard InChI is InChI=1S/C23H22F2N6O/c1-30-15-3-4-16(30)12-14(11-15)27-22-26-7-6-19(28-22)21-20(29-23-31(21)8-9-32-23)17-5-2-13(24)10-18(17)25/h2,5-10,14-16H,3-4,11-12H2,1H3,(H,26,27,28)/t14-,15+,16-. The summed E-state index contributed by atoms with van der Waals surface area (Å²) in [6, 6.07) is 6.71. The van der Waals surface area contributed by atoms with Crippen molar-refractivity contribution in [1.29, 1.82) is 0 Å². The van der Waals surface area contributed by atoms with Crippen LogP contribution in [-0.2, 0) is 0 Å². The SMILES string of the molecule is CN1[C@@H]2CC[C@H]1C[C@@H](Nc1nccc(-c3c(-c4ccc(F)cc4F)nc4occn34)n1)C2. The summed E-state index contributed by atoms with van der Waals surface area (Å²) in [5, 5.41) is 3.50. The zero-order valence-corrected chi connectivity index (χ0v) is 17.5. The molecule has 2 bridgehead atoms. The molecule has 1 N–H and O–H groups in total. The van der Waals surface area contributed by atoms with Gasteiger partial charge in [0.05, 0.1) is 5.69 Å². The summed E-state index contributed by atoms with van der Waals surface area (Å²) in [6.45, 7) is 0. The van der Waals surface area contributed by atoms with E-state index < -0.39 is 11.6 Å². The number of piperidine rings is 1. The monoisotopic (exact) mass is 436 g/mol. The fourth-order valence-electron chi connectivity index (χ4n) is 5.17. The van der Waals surface area contributed by atoms with Gasteiger partial charge in [-0.15, -0.1) is 0 Å². The van der Waals surface area contributed by atoms with Crippen molar-refractivity contribution in [2.24, 2.45) is 0 Å². The molecule has 5 heterocycles. The number of hydrogen-bond donors (Lipinski definition) is 1. The molecule has 2 aliphatic rings. The predicted octanol–water partition coefficient (Wildman–Crippen LogP) is 4.37. The van der Waals surface area contributed by atoms with Crippen LogP contribution in [0.15, 0.2) is 47.3 Å². The number of hydrogen-bond acceptors (Lipinski definition) is 6. The van der Waals surface area contributed by atoms with Gasteiger partial charge in [-0.2, -0.15) is 4.98 Å². The highest BCUT2D eigenvalue weighted by molar-refractivity contribution is 5.80. The second-order valence-corrected chi connectivity index (χ2v) is 8.62. The van der Waals surface area contributed by atoms with Crippen molar-refractivity contribution in [3.63, 3.8) is 0 Å². The van der Waals surface area contributed by atoms with E-state index in [4.69, 9.17) is 9.40 Å². The molecule has 0 unspecified atom stereocenters. The highest BCUT2D eigenvalue weighted by Gasteiger charge is 2.38. The van der Waals surface area contributed by atoms with Gasteiger partial charge < -0.3 is 14.6 Å². The number of fused-ring (bicyclic) bond motifs is 3. The average Bonchev–Trinajstić information content (AvgIpc) is 3.40. The highest BCUT2D eigenvalue weighted by Crippen LogP contribution is 2.36. The topological polar surface area (TPSA) is 71.5 Å². The molecule has 3 aromatic heterocycles. The molecule has 2 saturated heterocycles. The van der Waals surface area contributed by atoms with Crippen LogP contribution in [0.1, 0.15) is 25.7 Å². The van der Waals surface area contributed by atoms with Crippen LogP contribution in [0.25, 0.3) is 28.5 Å². The smallest absolute Gasteiger partial charge is 0.306 e. The summed E-state index contributed by atoms with van der Waals surface area (Å²) in [5.41, 5.74) is 1.66. The Labute approximate surface area is 183 Å². The number of nitrogens with one attached hydrogen (secondary N) is 1. The first kappa shape index (κ1) is 19.4. The van der Waals surface area contributed by atoms with Crippen LogP contribution in [0.4, 0.5) is 14.7 Å². The average molecular weight is 436 g/mol. The second kappa shape index (κ2) is 7.37. The minimum Gasteiger partial charge on any atom is -0.432 e. The number of imidazole rings is 1. The third-order valence-electron chi connectivity index (χ3n) is 6.78. The quantitative estimate of drug-likeness (QED) is 0.512. The molecule has 4 aromatic rings. The number of oxazole rings is 1. The molecule has 0 spiro atoms. The molecule has 1 aromatic carbocycles. The highest BCUT2D eigenvalue weighted by atomic mass is 19.1. The van der Waals surface area contributed by atoms with E-state index >= 15 is 0 Å². The largest absolute Gasteiger partial charge is 0.432 e. The van der Waals surface area contributed by atoms with Gasteiger partial charge in [0.1, 0.15) is 29.3 Å². The third-order valence-corrected chi connectivity index (χ3v) is 6.78. The van der Waals surface area contributed by atoms with Crippen LogP contribution >= 0.6 is 0 Å². The molecule has 7 nitrogen and oxygen atoms in total. The summed E-state index contributed by atoms with van der Waals surface area (Å²) in [6.07, 6.45) is 9.48. The number of rotatable bonds is 4. The Morgan fingerprint density at radius 1 is 1.09 bits per heavy atom. The lowest BCUT2D eigenvalue weighted by Crippen LogP contribution is -2.44. The van der Waals surface area contributed by atoms with Gasteiger partial charge in [0.15, 0.2) is 0 Å². The maximum atomic E-state index is 14.6. The maximum absolute atomic E-state index is 14.6. The Balaban J connectivity index is 1.38. The Morgan fingerprint density at radius 3 is 2.69 bits per heavy atom. The Bertz CT molecular complexity index is 1290. The fraction of sp³-hybridized carbons (Fsp3) is 0.348. The van der Waals surface area contributed by atoms with Crippen molar-refractivity contribution in [1.82, 2.24) is 24.3 Å². The van der Waals surface area contributed by atoms with E-state index in [2.05, 4.69) is 27.2 Å². The van der Waals surface area contributed by atoms with E-state index in [1.54, 1.807) is 22.9 Å². The van der Waals surface area contributed by atoms with Crippen molar-refractivity contribution in [2.75, 3.05) is 12.4 Å². The number of halogens is 2. The van der Waals surface area contributed by atoms with E-state index in [1.165, 1.54) is 31.2 Å². The van der Waals surface area contributed by atoms with Gasteiger partial charge in [0, 0.05) is 42.1 Å². The summed E-state index contributed by atoms with van der Waals surface area (Å²) in [7, 11) is 2.21. The minimum atomic E-state index is -0.693. The predicted molar refractivity (Wildman–Crippen MR) is 115 cm³/mol. The molecule has 2 fully saturated rings. The molecule has 0 amide bonds. The van der Waals surface area contributed by atoms with E-state index in [0.29, 0.717) is 47.0 Å². The van der Waals surface area contributed by atoms with Crippen molar-refractivity contribution in [2.45, 2.75) is 43.8 Å². The van der Waals surface area contributed by atoms with Crippen LogP contribution in [-0.4, -0.2) is 49.4 Å². The van der Waals surface area contributed by atoms with Crippen molar-refractivity contribution in [3.05, 3.63) is 54.6 Å². The molecule has 164 valence electrons. The normalized spacial score (nSPS) is 23.2. The van der Waals surface area contributed by atoms with Crippen LogP contribution in [0.3, 0.4) is 0 Å². The fourth-order valence-corrected chi connectivity index (χ4v) is 5.17. The molecule has 0 saturated carbocycles. The maximum Gasteiger partial charge on any atom is 0.306 e. The molecule has 32 heavy (non-hydrogen) atoms. The van der Waals surface area contributed by atoms with Crippen molar-refractivity contribution >= 4 is 11.8 Å². The van der Waals surface area contributed by atoms with Crippen molar-refractivity contribution < 1.29 is 13.2 Å². The minimum absolute atomic E-state index is 0.181. The van der Waals surface area contributed by atoms with Gasteiger partial charge in [-0.1, -0.05) is 0 Å². The lowest BCUT2D eigenvalue weighted by Gasteiger charge is -2.36. The van der Waals surface area contributed by atoms with Gasteiger partial charge in [-0.05, 0) is 50.9 Å². The molecule has 9 heteroatoms. The molecule has 0 aliphatic carbocycles. The van der Waals surface area contributed by atoms with Crippen molar-refractivity contribution in [3.8, 4) is 22.6 Å². The van der Waals surface area contributed by atoms with Crippen LogP contribution in [0, 0.1) is 11.6 Å². The van der Waals surface area contributed by atoms with Gasteiger partial charge in [-0.25, -0.2) is 18.7 Å². The van der Waals surface area contributed by atoms with Crippen LogP contribution in [0.5, 0.6) is 0 Å². The first-order valence-corrected chi connectivity index (χ1v) is 10.8. The van der Waals surface area contributed by atoms with E-state index in [9.17, 15) is 8.78 Å². The molecular weight excluding hydrogens is 414 g/mol. The lowest BCUT2D eigenvalue weighted by molar-refractivity contribution is 0.168. The first-order chi connectivity index (χ1) is 15.6. The Morgan fingerprint density at radius 2 is 1.91 bits per heavy atom. The first-order valence-electron chi connectivity index (χ1n) is 10.8. The van der Waals surface area contributed by atoms with Gasteiger partial charge >= 0.3 is 5.84 Å². The summed E-state index contributed by atoms with van der Waals surface area (Å²) >= 11 is 0. The van der Waals surface area contributed by atoms with Crippen LogP contribution in [0.2, 0.25) is 0 Å². The second-order valence-electron chi connectivity index (χ2n) is 8.62. The molecule has 3 atom stereocenters. The lowest BCUT2D eigenvalue weighted by atomic mass is 9.98. The number of nitrogens with zero attached hydrogens (tertiary/aromatic N) is 5. The summed E-state index contributed by atoms with van der Waals surface area (Å²) < 4.78 is 35.2. The summed E-state index contributed by atoms with van der Waals surface area (Å²) in [5.74, 6) is -0.503. The molecular formula is C23H22F2N6O. The molecule has 6 rings (SSSR count). The zero-order chi connectivity index (χ0) is 21.8. The number of anilines is 1. The Kier molecular flexibility index (Phi) is 4.46. The van der Waals surface area contributed by atoms with E-state index in [0.717, 1.165) is 18.9 Å². The van der Waals surface area contributed by atoms with Gasteiger partial charge in [0.2, 0.25) is 5.95 Å². The molecule has 0 radical (unpaired) electrons. The van der Waals surface area contributed by atoms with Gasteiger partial charge in [0.25, 0.3) is 0 Å². The number of aromatic nitrogens is 4. The van der Waals surface area contributed by atoms with Crippen LogP contribution < -0.4 is 5.32 Å². The summed E-state index contributed by atoms with van der Waals surface area (Å²) in [4.78, 5) is 16.1. The molecule has 2 aliphatic heterocycles. The van der Waals surface area contributed by atoms with E-state index in [1.807, 2.05) is 0 Å².